The Labute approximate surface area is 132 Å². The molecule has 0 aliphatic rings. The summed E-state index contributed by atoms with van der Waals surface area (Å²) in [6.45, 7) is 6.38. The van der Waals surface area contributed by atoms with Crippen molar-refractivity contribution >= 4 is 27.6 Å². The van der Waals surface area contributed by atoms with Crippen molar-refractivity contribution in [3.05, 3.63) is 45.2 Å². The Kier molecular flexibility index (Phi) is 4.67. The van der Waals surface area contributed by atoms with Crippen LogP contribution in [0.15, 0.2) is 22.7 Å². The Bertz CT molecular complexity index is 679. The first-order valence-corrected chi connectivity index (χ1v) is 7.48. The van der Waals surface area contributed by atoms with Gasteiger partial charge in [0.25, 0.3) is 0 Å². The highest BCUT2D eigenvalue weighted by Gasteiger charge is 2.10. The first kappa shape index (κ1) is 15.6. The van der Waals surface area contributed by atoms with Gasteiger partial charge >= 0.3 is 6.03 Å². The van der Waals surface area contributed by atoms with Gasteiger partial charge in [0.05, 0.1) is 5.69 Å². The number of carbonyl (C=O) groups excluding carboxylic acids is 1. The van der Waals surface area contributed by atoms with Crippen molar-refractivity contribution < 1.29 is 4.79 Å². The summed E-state index contributed by atoms with van der Waals surface area (Å²) in [6.07, 6.45) is 0. The van der Waals surface area contributed by atoms with Crippen molar-refractivity contribution in [1.82, 2.24) is 15.1 Å². The van der Waals surface area contributed by atoms with Crippen LogP contribution in [0.3, 0.4) is 0 Å². The highest BCUT2D eigenvalue weighted by molar-refractivity contribution is 9.10. The fourth-order valence-electron chi connectivity index (χ4n) is 2.14. The molecule has 0 aliphatic carbocycles. The third-order valence-corrected chi connectivity index (χ3v) is 4.39. The van der Waals surface area contributed by atoms with Gasteiger partial charge in [0.1, 0.15) is 0 Å². The number of benzene rings is 1. The van der Waals surface area contributed by atoms with Gasteiger partial charge in [-0.1, -0.05) is 15.9 Å². The summed E-state index contributed by atoms with van der Waals surface area (Å²) in [5.41, 5.74) is 4.90. The van der Waals surface area contributed by atoms with E-state index in [1.165, 1.54) is 0 Å². The fourth-order valence-corrected chi connectivity index (χ4v) is 2.39. The van der Waals surface area contributed by atoms with Gasteiger partial charge in [-0.05, 0) is 44.5 Å². The highest BCUT2D eigenvalue weighted by Crippen LogP contribution is 2.20. The molecule has 0 aliphatic heterocycles. The van der Waals surface area contributed by atoms with Crippen molar-refractivity contribution in [3.8, 4) is 0 Å². The van der Waals surface area contributed by atoms with Gasteiger partial charge in [0.15, 0.2) is 0 Å². The lowest BCUT2D eigenvalue weighted by molar-refractivity contribution is 0.251. The van der Waals surface area contributed by atoms with Crippen LogP contribution in [0.5, 0.6) is 0 Å². The van der Waals surface area contributed by atoms with Crippen LogP contribution >= 0.6 is 15.9 Å². The molecule has 2 amide bonds. The molecule has 1 aromatic heterocycles. The number of rotatable bonds is 3. The summed E-state index contributed by atoms with van der Waals surface area (Å²) in [6, 6.07) is 5.47. The van der Waals surface area contributed by atoms with Gasteiger partial charge in [-0.25, -0.2) is 4.79 Å². The Morgan fingerprint density at radius 2 is 2.05 bits per heavy atom. The molecular formula is C15H19BrN4O. The normalized spacial score (nSPS) is 10.5. The topological polar surface area (TPSA) is 59.0 Å². The van der Waals surface area contributed by atoms with Crippen molar-refractivity contribution in [1.29, 1.82) is 0 Å². The van der Waals surface area contributed by atoms with Crippen molar-refractivity contribution in [2.45, 2.75) is 27.3 Å². The van der Waals surface area contributed by atoms with Crippen LogP contribution in [0, 0.1) is 20.8 Å². The van der Waals surface area contributed by atoms with Crippen LogP contribution in [-0.2, 0) is 13.6 Å². The van der Waals surface area contributed by atoms with E-state index in [1.807, 2.05) is 50.7 Å². The van der Waals surface area contributed by atoms with E-state index in [-0.39, 0.29) is 6.03 Å². The Morgan fingerprint density at radius 1 is 1.33 bits per heavy atom. The van der Waals surface area contributed by atoms with E-state index >= 15 is 0 Å². The standard InChI is InChI=1S/C15H19BrN4O/c1-9-7-12(5-6-14(9)16)18-15(21)17-8-13-10(2)19-20(4)11(13)3/h5-7H,8H2,1-4H3,(H2,17,18,21). The molecule has 0 spiro atoms. The maximum atomic E-state index is 12.0. The Hall–Kier alpha value is -1.82. The second-order valence-electron chi connectivity index (χ2n) is 5.04. The number of anilines is 1. The SMILES string of the molecule is Cc1cc(NC(=O)NCc2c(C)nn(C)c2C)ccc1Br. The molecule has 0 unspecified atom stereocenters. The number of amides is 2. The lowest BCUT2D eigenvalue weighted by Crippen LogP contribution is -2.28. The van der Waals surface area contributed by atoms with Crippen LogP contribution in [-0.4, -0.2) is 15.8 Å². The predicted molar refractivity (Wildman–Crippen MR) is 87.4 cm³/mol. The monoisotopic (exact) mass is 350 g/mol. The maximum absolute atomic E-state index is 12.0. The first-order chi connectivity index (χ1) is 9.88. The summed E-state index contributed by atoms with van der Waals surface area (Å²) in [4.78, 5) is 12.0. The molecule has 2 rings (SSSR count). The van der Waals surface area contributed by atoms with E-state index in [0.29, 0.717) is 6.54 Å². The molecule has 0 saturated heterocycles. The molecular weight excluding hydrogens is 332 g/mol. The maximum Gasteiger partial charge on any atom is 0.319 e. The lowest BCUT2D eigenvalue weighted by atomic mass is 10.2. The quantitative estimate of drug-likeness (QED) is 0.890. The number of urea groups is 1. The fraction of sp³-hybridized carbons (Fsp3) is 0.333. The van der Waals surface area contributed by atoms with Gasteiger partial charge in [0.2, 0.25) is 0 Å². The molecule has 0 bridgehead atoms. The predicted octanol–water partition coefficient (Wildman–Crippen LogP) is 3.43. The summed E-state index contributed by atoms with van der Waals surface area (Å²) >= 11 is 3.44. The minimum atomic E-state index is -0.223. The molecule has 112 valence electrons. The third kappa shape index (κ3) is 3.64. The summed E-state index contributed by atoms with van der Waals surface area (Å²) < 4.78 is 2.84. The van der Waals surface area contributed by atoms with Crippen molar-refractivity contribution in [3.63, 3.8) is 0 Å². The van der Waals surface area contributed by atoms with E-state index in [9.17, 15) is 4.79 Å². The van der Waals surface area contributed by atoms with Crippen LogP contribution < -0.4 is 10.6 Å². The molecule has 0 fully saturated rings. The number of hydrogen-bond acceptors (Lipinski definition) is 2. The zero-order valence-corrected chi connectivity index (χ0v) is 14.2. The van der Waals surface area contributed by atoms with Crippen LogP contribution in [0.1, 0.15) is 22.5 Å². The van der Waals surface area contributed by atoms with E-state index in [1.54, 1.807) is 0 Å². The van der Waals surface area contributed by atoms with Gasteiger partial charge in [0, 0.05) is 35.0 Å². The highest BCUT2D eigenvalue weighted by atomic mass is 79.9. The molecule has 1 aromatic carbocycles. The number of aromatic nitrogens is 2. The number of halogens is 1. The first-order valence-electron chi connectivity index (χ1n) is 6.68. The summed E-state index contributed by atoms with van der Waals surface area (Å²) in [7, 11) is 1.90. The van der Waals surface area contributed by atoms with Gasteiger partial charge < -0.3 is 10.6 Å². The molecule has 0 atom stereocenters. The zero-order valence-electron chi connectivity index (χ0n) is 12.6. The van der Waals surface area contributed by atoms with E-state index < -0.39 is 0 Å². The van der Waals surface area contributed by atoms with Gasteiger partial charge in [-0.15, -0.1) is 0 Å². The molecule has 2 aromatic rings. The molecule has 0 saturated carbocycles. The summed E-state index contributed by atoms with van der Waals surface area (Å²) in [5.74, 6) is 0. The Balaban J connectivity index is 1.97. The minimum absolute atomic E-state index is 0.223. The summed E-state index contributed by atoms with van der Waals surface area (Å²) in [5, 5.41) is 10.0. The van der Waals surface area contributed by atoms with Crippen molar-refractivity contribution in [2.75, 3.05) is 5.32 Å². The molecule has 2 N–H and O–H groups in total. The lowest BCUT2D eigenvalue weighted by Gasteiger charge is -2.09. The average molecular weight is 351 g/mol. The smallest absolute Gasteiger partial charge is 0.319 e. The number of carbonyl (C=O) groups is 1. The van der Waals surface area contributed by atoms with E-state index in [2.05, 4.69) is 31.7 Å². The van der Waals surface area contributed by atoms with Crippen LogP contribution in [0.25, 0.3) is 0 Å². The van der Waals surface area contributed by atoms with Gasteiger partial charge in [-0.2, -0.15) is 5.10 Å². The number of hydrogen-bond donors (Lipinski definition) is 2. The molecule has 21 heavy (non-hydrogen) atoms. The van der Waals surface area contributed by atoms with Crippen LogP contribution in [0.2, 0.25) is 0 Å². The average Bonchev–Trinajstić information content (AvgIpc) is 2.66. The second kappa shape index (κ2) is 6.30. The third-order valence-electron chi connectivity index (χ3n) is 3.50. The number of nitrogens with zero attached hydrogens (tertiary/aromatic N) is 2. The Morgan fingerprint density at radius 3 is 2.62 bits per heavy atom. The molecule has 0 radical (unpaired) electrons. The van der Waals surface area contributed by atoms with E-state index in [0.717, 1.165) is 32.7 Å². The molecule has 5 nitrogen and oxygen atoms in total. The minimum Gasteiger partial charge on any atom is -0.334 e. The largest absolute Gasteiger partial charge is 0.334 e. The van der Waals surface area contributed by atoms with Gasteiger partial charge in [-0.3, -0.25) is 4.68 Å². The molecule has 1 heterocycles. The van der Waals surface area contributed by atoms with Crippen molar-refractivity contribution in [2.24, 2.45) is 7.05 Å². The van der Waals surface area contributed by atoms with Crippen LogP contribution in [0.4, 0.5) is 10.5 Å². The molecule has 6 heteroatoms. The number of nitrogens with one attached hydrogen (secondary N) is 2. The zero-order chi connectivity index (χ0) is 15.6. The number of aryl methyl sites for hydroxylation is 3. The second-order valence-corrected chi connectivity index (χ2v) is 5.90. The van der Waals surface area contributed by atoms with E-state index in [4.69, 9.17) is 0 Å².